The third-order valence-electron chi connectivity index (χ3n) is 11.3. The summed E-state index contributed by atoms with van der Waals surface area (Å²) in [5.41, 5.74) is 8.46. The normalized spacial score (nSPS) is 11.4. The molecule has 22 nitrogen and oxygen atoms in total. The van der Waals surface area contributed by atoms with E-state index in [2.05, 4.69) is 14.8 Å². The number of hydrogen-bond donors (Lipinski definition) is 4. The van der Waals surface area contributed by atoms with Crippen LogP contribution in [0, 0.1) is 57.2 Å². The molecule has 3 heterocycles. The fourth-order valence-corrected chi connectivity index (χ4v) is 10.0. The van der Waals surface area contributed by atoms with E-state index in [1.807, 2.05) is 65.8 Å². The number of benzene rings is 3. The molecule has 3 aromatic heterocycles. The average molecular weight is 1290 g/mol. The van der Waals surface area contributed by atoms with E-state index in [1.165, 1.54) is 47.0 Å². The fraction of sp³-hybridized carbons (Fsp3) is 0.379. The maximum atomic E-state index is 12.4. The molecule has 87 heavy (non-hydrogen) atoms. The fourth-order valence-electron chi connectivity index (χ4n) is 6.77. The first-order chi connectivity index (χ1) is 39.8. The molecule has 0 saturated carbocycles. The molecular formula is C58H69F3N6O16S4. The number of carbonyl (C=O) groups is 6. The third kappa shape index (κ3) is 22.2. The highest BCUT2D eigenvalue weighted by Crippen LogP contribution is 2.37. The molecule has 0 unspecified atom stereocenters. The lowest BCUT2D eigenvalue weighted by molar-refractivity contribution is -0.385. The van der Waals surface area contributed by atoms with Gasteiger partial charge >= 0.3 is 39.2 Å². The Kier molecular flexibility index (Phi) is 25.1. The van der Waals surface area contributed by atoms with Crippen LogP contribution in [0.3, 0.4) is 0 Å². The smallest absolute Gasteiger partial charge is 0.460 e. The Balaban J connectivity index is 0.000000316. The van der Waals surface area contributed by atoms with Crippen LogP contribution in [0.1, 0.15) is 145 Å². The Morgan fingerprint density at radius 1 is 0.529 bits per heavy atom. The second kappa shape index (κ2) is 29.9. The number of esters is 3. The molecule has 472 valence electrons. The number of aryl methyl sites for hydroxylation is 3. The number of nitrogens with zero attached hydrogens (tertiary/aromatic N) is 2. The van der Waals surface area contributed by atoms with Crippen LogP contribution in [0.25, 0.3) is 0 Å². The van der Waals surface area contributed by atoms with Crippen molar-refractivity contribution in [2.45, 2.75) is 129 Å². The molecule has 6 rings (SSSR count). The minimum absolute atomic E-state index is 0.00979. The zero-order valence-electron chi connectivity index (χ0n) is 50.4. The Labute approximate surface area is 513 Å². The van der Waals surface area contributed by atoms with Crippen molar-refractivity contribution in [1.82, 2.24) is 0 Å². The summed E-state index contributed by atoms with van der Waals surface area (Å²) in [6, 6.07) is 18.0. The summed E-state index contributed by atoms with van der Waals surface area (Å²) >= 11 is 3.99. The summed E-state index contributed by atoms with van der Waals surface area (Å²) in [5.74, 6) is -2.27. The van der Waals surface area contributed by atoms with E-state index >= 15 is 0 Å². The molecule has 6 N–H and O–H groups in total. The number of rotatable bonds is 17. The molecule has 0 fully saturated rings. The predicted octanol–water partition coefficient (Wildman–Crippen LogP) is 14.4. The molecule has 0 amide bonds. The number of hydrogen-bond acceptors (Lipinski definition) is 23. The van der Waals surface area contributed by atoms with E-state index in [0.29, 0.717) is 32.2 Å². The third-order valence-corrected chi connectivity index (χ3v) is 15.9. The van der Waals surface area contributed by atoms with Crippen molar-refractivity contribution in [2.24, 2.45) is 16.2 Å². The van der Waals surface area contributed by atoms with E-state index in [9.17, 15) is 70.6 Å². The topological polar surface area (TPSA) is 336 Å². The van der Waals surface area contributed by atoms with Gasteiger partial charge in [0.2, 0.25) is 5.75 Å². The van der Waals surface area contributed by atoms with Crippen LogP contribution in [0.15, 0.2) is 72.8 Å². The van der Waals surface area contributed by atoms with E-state index in [4.69, 9.17) is 25.7 Å². The quantitative estimate of drug-likeness (QED) is 0.00963. The van der Waals surface area contributed by atoms with Crippen LogP contribution in [0.5, 0.6) is 5.75 Å². The molecular weight excluding hydrogens is 1220 g/mol. The average Bonchev–Trinajstić information content (AvgIpc) is 2.76. The summed E-state index contributed by atoms with van der Waals surface area (Å²) in [5, 5.41) is 30.6. The second-order valence-corrected chi connectivity index (χ2v) is 27.1. The zero-order valence-corrected chi connectivity index (χ0v) is 53.7. The lowest BCUT2D eigenvalue weighted by atomic mass is 9.97. The van der Waals surface area contributed by atoms with Gasteiger partial charge in [0.25, 0.3) is 5.69 Å². The molecule has 6 aromatic rings. The number of halogens is 3. The molecule has 0 aliphatic carbocycles. The first-order valence-electron chi connectivity index (χ1n) is 25.9. The number of nitro benzene ring substituents is 2. The number of nitro groups is 2. The first kappa shape index (κ1) is 73.0. The number of ketones is 3. The van der Waals surface area contributed by atoms with Gasteiger partial charge in [-0.2, -0.15) is 21.6 Å². The molecule has 29 heteroatoms. The van der Waals surface area contributed by atoms with Gasteiger partial charge in [-0.1, -0.05) is 6.07 Å². The molecule has 3 aromatic carbocycles. The predicted molar refractivity (Wildman–Crippen MR) is 329 cm³/mol. The standard InChI is InChI=1S/C19H22N2O5S.C19H24N2O3S.C13H14F3NO7S.C7H9NOS/c1-11-8-16(27-17(11)12(2)22)20-14-9-13(6-7-15(14)21(24)25)10-26-18(23)19(3,4)5;1-11-8-16(25-17(11)12(2)22)21-15-9-13(6-7-14(15)20)10-24-18(23)19(3,4)5;1-12(2,3)11(18)23-7-8-4-5-9(17(19)20)10(6-8)24-25(21,22)13(14,15)16;1-4-3-6(8)10-7(4)5(2)9/h6-9,20H,10H2,1-5H3;6-9,21H,10,20H2,1-5H3;4-6H,7H2,1-3H3;3H,8H2,1-2H3. The number of alkyl halides is 3. The number of ether oxygens (including phenoxy) is 3. The number of Topliss-reactive ketones (excluding diaryl/α,β-unsaturated/α-hetero) is 3. The Hall–Kier alpha value is -8.28. The van der Waals surface area contributed by atoms with Crippen molar-refractivity contribution < 1.29 is 78.6 Å². The largest absolute Gasteiger partial charge is 0.534 e. The molecule has 0 aliphatic heterocycles. The minimum atomic E-state index is -6.09. The molecule has 0 atom stereocenters. The summed E-state index contributed by atoms with van der Waals surface area (Å²) in [4.78, 5) is 92.2. The van der Waals surface area contributed by atoms with Gasteiger partial charge in [-0.05, 0) is 192 Å². The van der Waals surface area contributed by atoms with Crippen LogP contribution in [0.4, 0.5) is 56.6 Å². The molecule has 0 aliphatic rings. The van der Waals surface area contributed by atoms with Gasteiger partial charge in [-0.25, -0.2) is 0 Å². The van der Waals surface area contributed by atoms with Crippen LogP contribution in [0.2, 0.25) is 0 Å². The van der Waals surface area contributed by atoms with Gasteiger partial charge in [0.15, 0.2) is 17.3 Å². The van der Waals surface area contributed by atoms with Crippen LogP contribution < -0.4 is 26.3 Å². The van der Waals surface area contributed by atoms with E-state index in [-0.39, 0.29) is 59.4 Å². The van der Waals surface area contributed by atoms with E-state index in [1.54, 1.807) is 79.7 Å². The molecule has 0 spiro atoms. The number of carbonyl (C=O) groups excluding carboxylic acids is 6. The zero-order chi connectivity index (χ0) is 66.5. The Bertz CT molecular complexity index is 3660. The van der Waals surface area contributed by atoms with E-state index < -0.39 is 65.7 Å². The maximum absolute atomic E-state index is 12.4. The van der Waals surface area contributed by atoms with Crippen LogP contribution >= 0.6 is 34.0 Å². The maximum Gasteiger partial charge on any atom is 0.534 e. The monoisotopic (exact) mass is 1290 g/mol. The summed E-state index contributed by atoms with van der Waals surface area (Å²) in [7, 11) is -6.09. The number of anilines is 6. The highest BCUT2D eigenvalue weighted by Gasteiger charge is 2.49. The van der Waals surface area contributed by atoms with Crippen LogP contribution in [-0.4, -0.2) is 59.0 Å². The Morgan fingerprint density at radius 3 is 1.21 bits per heavy atom. The summed E-state index contributed by atoms with van der Waals surface area (Å²) < 4.78 is 78.6. The number of nitrogen functional groups attached to an aromatic ring is 2. The molecule has 0 radical (unpaired) electrons. The lowest BCUT2D eigenvalue weighted by Gasteiger charge is -2.17. The van der Waals surface area contributed by atoms with Crippen molar-refractivity contribution in [1.29, 1.82) is 0 Å². The van der Waals surface area contributed by atoms with Crippen molar-refractivity contribution in [3.05, 3.63) is 141 Å². The van der Waals surface area contributed by atoms with Gasteiger partial charge in [-0.3, -0.25) is 49.0 Å². The van der Waals surface area contributed by atoms with Gasteiger partial charge in [0.1, 0.15) is 25.5 Å². The van der Waals surface area contributed by atoms with Crippen LogP contribution in [-0.2, 0) is 58.5 Å². The van der Waals surface area contributed by atoms with Gasteiger partial charge in [-0.15, -0.1) is 34.0 Å². The second-order valence-electron chi connectivity index (χ2n) is 22.4. The van der Waals surface area contributed by atoms with Gasteiger partial charge in [0, 0.05) is 12.1 Å². The molecule has 0 bridgehead atoms. The minimum Gasteiger partial charge on any atom is -0.460 e. The van der Waals surface area contributed by atoms with Crippen molar-refractivity contribution in [2.75, 3.05) is 22.1 Å². The first-order valence-corrected chi connectivity index (χ1v) is 29.8. The number of nitrogens with one attached hydrogen (secondary N) is 2. The summed E-state index contributed by atoms with van der Waals surface area (Å²) in [6.07, 6.45) is 0. The number of nitrogens with two attached hydrogens (primary N) is 2. The van der Waals surface area contributed by atoms with Crippen molar-refractivity contribution in [3.63, 3.8) is 0 Å². The number of thiophene rings is 3. The lowest BCUT2D eigenvalue weighted by Crippen LogP contribution is -2.28. The van der Waals surface area contributed by atoms with Gasteiger partial charge in [0.05, 0.1) is 67.1 Å². The van der Waals surface area contributed by atoms with E-state index in [0.717, 1.165) is 54.8 Å². The SMILES string of the molecule is CC(=O)c1sc(N)cc1C.CC(=O)c1sc(Nc2cc(COC(=O)C(C)(C)C)ccc2N)cc1C.CC(=O)c1sc(Nc2cc(COC(=O)C(C)(C)C)ccc2[N+](=O)[O-])cc1C.CC(C)(C)C(=O)OCc1ccc([N+](=O)[O-])c(OS(=O)(=O)C(F)(F)F)c1. The van der Waals surface area contributed by atoms with Gasteiger partial charge < -0.3 is 40.5 Å². The van der Waals surface area contributed by atoms with Crippen molar-refractivity contribution in [3.8, 4) is 5.75 Å². The van der Waals surface area contributed by atoms with Crippen molar-refractivity contribution >= 4 is 123 Å². The summed E-state index contributed by atoms with van der Waals surface area (Å²) in [6.45, 7) is 25.4. The highest BCUT2D eigenvalue weighted by atomic mass is 32.2. The Morgan fingerprint density at radius 2 is 0.874 bits per heavy atom. The highest BCUT2D eigenvalue weighted by molar-refractivity contribution is 7.88. The molecule has 0 saturated heterocycles.